The monoisotopic (exact) mass is 275 g/mol. The minimum atomic E-state index is -0.369. The molecule has 106 valence electrons. The average Bonchev–Trinajstić information content (AvgIpc) is 2.43. The molecule has 0 bridgehead atoms. The van der Waals surface area contributed by atoms with E-state index >= 15 is 0 Å². The number of methoxy groups -OCH3 is 1. The van der Waals surface area contributed by atoms with Crippen molar-refractivity contribution in [3.05, 3.63) is 53.3 Å². The Morgan fingerprint density at radius 1 is 1.05 bits per heavy atom. The summed E-state index contributed by atoms with van der Waals surface area (Å²) in [5.74, 6) is 0.945. The van der Waals surface area contributed by atoms with Crippen LogP contribution in [0.5, 0.6) is 17.2 Å². The van der Waals surface area contributed by atoms with Crippen LogP contribution in [0.4, 0.5) is 4.39 Å². The molecule has 0 saturated heterocycles. The van der Waals surface area contributed by atoms with Gasteiger partial charge in [-0.15, -0.1) is 0 Å². The van der Waals surface area contributed by atoms with Crippen molar-refractivity contribution in [1.29, 1.82) is 0 Å². The molecule has 1 unspecified atom stereocenters. The third kappa shape index (κ3) is 2.75. The van der Waals surface area contributed by atoms with E-state index in [-0.39, 0.29) is 17.6 Å². The summed E-state index contributed by atoms with van der Waals surface area (Å²) in [5, 5.41) is 0. The van der Waals surface area contributed by atoms with Gasteiger partial charge in [-0.05, 0) is 37.6 Å². The van der Waals surface area contributed by atoms with Crippen LogP contribution in [-0.4, -0.2) is 7.11 Å². The van der Waals surface area contributed by atoms with Crippen LogP contribution in [0.15, 0.2) is 36.4 Å². The normalized spacial score (nSPS) is 12.1. The highest BCUT2D eigenvalue weighted by molar-refractivity contribution is 5.48. The highest BCUT2D eigenvalue weighted by Crippen LogP contribution is 2.36. The van der Waals surface area contributed by atoms with Crippen molar-refractivity contribution in [3.63, 3.8) is 0 Å². The van der Waals surface area contributed by atoms with Crippen LogP contribution in [0.2, 0.25) is 0 Å². The zero-order valence-electron chi connectivity index (χ0n) is 11.8. The first-order valence-corrected chi connectivity index (χ1v) is 6.40. The van der Waals surface area contributed by atoms with E-state index in [2.05, 4.69) is 0 Å². The van der Waals surface area contributed by atoms with Gasteiger partial charge in [0, 0.05) is 6.04 Å². The van der Waals surface area contributed by atoms with Gasteiger partial charge in [0.05, 0.1) is 12.7 Å². The van der Waals surface area contributed by atoms with Crippen LogP contribution in [0.3, 0.4) is 0 Å². The number of rotatable bonds is 4. The van der Waals surface area contributed by atoms with Gasteiger partial charge < -0.3 is 15.2 Å². The van der Waals surface area contributed by atoms with Crippen LogP contribution < -0.4 is 15.2 Å². The molecule has 1 atom stereocenters. The van der Waals surface area contributed by atoms with Crippen LogP contribution in [0.25, 0.3) is 0 Å². The summed E-state index contributed by atoms with van der Waals surface area (Å²) in [4.78, 5) is 0. The molecular formula is C16H18FNO2. The Bertz CT molecular complexity index is 611. The third-order valence-corrected chi connectivity index (χ3v) is 3.08. The highest BCUT2D eigenvalue weighted by atomic mass is 19.1. The van der Waals surface area contributed by atoms with Gasteiger partial charge in [-0.2, -0.15) is 0 Å². The van der Waals surface area contributed by atoms with Crippen LogP contribution in [0.1, 0.15) is 24.1 Å². The van der Waals surface area contributed by atoms with Gasteiger partial charge in [-0.3, -0.25) is 0 Å². The molecule has 0 fully saturated rings. The van der Waals surface area contributed by atoms with Crippen LogP contribution in [-0.2, 0) is 0 Å². The Morgan fingerprint density at radius 3 is 2.30 bits per heavy atom. The van der Waals surface area contributed by atoms with Gasteiger partial charge in [-0.25, -0.2) is 4.39 Å². The molecule has 0 radical (unpaired) electrons. The summed E-state index contributed by atoms with van der Waals surface area (Å²) in [7, 11) is 1.57. The quantitative estimate of drug-likeness (QED) is 0.918. The molecule has 0 aliphatic carbocycles. The number of nitrogens with two attached hydrogens (primary N) is 1. The van der Waals surface area contributed by atoms with E-state index < -0.39 is 0 Å². The fourth-order valence-electron chi connectivity index (χ4n) is 2.06. The van der Waals surface area contributed by atoms with E-state index in [4.69, 9.17) is 15.2 Å². The SMILES string of the molecule is COc1cccc(Oc2cccc(C)c2F)c1C(C)N. The van der Waals surface area contributed by atoms with Crippen molar-refractivity contribution in [2.24, 2.45) is 5.73 Å². The maximum Gasteiger partial charge on any atom is 0.168 e. The molecule has 0 spiro atoms. The first-order valence-electron chi connectivity index (χ1n) is 6.40. The number of benzene rings is 2. The molecule has 2 rings (SSSR count). The van der Waals surface area contributed by atoms with Crippen molar-refractivity contribution in [1.82, 2.24) is 0 Å². The molecule has 4 heteroatoms. The number of hydrogen-bond donors (Lipinski definition) is 1. The Balaban J connectivity index is 2.46. The van der Waals surface area contributed by atoms with E-state index in [1.54, 1.807) is 50.4 Å². The standard InChI is InChI=1S/C16H18FNO2/c1-10-6-4-9-14(16(10)17)20-13-8-5-7-12(19-3)15(13)11(2)18/h4-9,11H,18H2,1-3H3. The summed E-state index contributed by atoms with van der Waals surface area (Å²) in [5.41, 5.74) is 7.21. The molecule has 2 N–H and O–H groups in total. The molecule has 0 aromatic heterocycles. The fraction of sp³-hybridized carbons (Fsp3) is 0.250. The predicted octanol–water partition coefficient (Wildman–Crippen LogP) is 3.95. The second-order valence-electron chi connectivity index (χ2n) is 4.65. The second kappa shape index (κ2) is 5.92. The first kappa shape index (κ1) is 14.3. The molecule has 0 aliphatic rings. The minimum absolute atomic E-state index is 0.181. The molecule has 20 heavy (non-hydrogen) atoms. The van der Waals surface area contributed by atoms with Crippen molar-refractivity contribution in [2.75, 3.05) is 7.11 Å². The van der Waals surface area contributed by atoms with Gasteiger partial charge in [0.1, 0.15) is 11.5 Å². The molecule has 0 amide bonds. The van der Waals surface area contributed by atoms with Gasteiger partial charge in [0.25, 0.3) is 0 Å². The van der Waals surface area contributed by atoms with E-state index in [0.29, 0.717) is 17.1 Å². The summed E-state index contributed by atoms with van der Waals surface area (Å²) in [6, 6.07) is 10.1. The van der Waals surface area contributed by atoms with E-state index in [1.807, 2.05) is 6.92 Å². The van der Waals surface area contributed by atoms with Crippen molar-refractivity contribution in [2.45, 2.75) is 19.9 Å². The Morgan fingerprint density at radius 2 is 1.65 bits per heavy atom. The van der Waals surface area contributed by atoms with Crippen molar-refractivity contribution < 1.29 is 13.9 Å². The lowest BCUT2D eigenvalue weighted by molar-refractivity contribution is 0.392. The highest BCUT2D eigenvalue weighted by Gasteiger charge is 2.16. The summed E-state index contributed by atoms with van der Waals surface area (Å²) >= 11 is 0. The zero-order valence-corrected chi connectivity index (χ0v) is 11.8. The molecule has 2 aromatic rings. The largest absolute Gasteiger partial charge is 0.496 e. The van der Waals surface area contributed by atoms with Crippen molar-refractivity contribution >= 4 is 0 Å². The lowest BCUT2D eigenvalue weighted by atomic mass is 10.1. The van der Waals surface area contributed by atoms with E-state index in [0.717, 1.165) is 5.56 Å². The maximum absolute atomic E-state index is 14.0. The van der Waals surface area contributed by atoms with Gasteiger partial charge >= 0.3 is 0 Å². The molecule has 0 aliphatic heterocycles. The molecule has 3 nitrogen and oxygen atoms in total. The summed E-state index contributed by atoms with van der Waals surface area (Å²) < 4.78 is 25.0. The number of ether oxygens (including phenoxy) is 2. The van der Waals surface area contributed by atoms with Crippen LogP contribution >= 0.6 is 0 Å². The minimum Gasteiger partial charge on any atom is -0.496 e. The molecule has 2 aromatic carbocycles. The smallest absolute Gasteiger partial charge is 0.168 e. The third-order valence-electron chi connectivity index (χ3n) is 3.08. The average molecular weight is 275 g/mol. The summed E-state index contributed by atoms with van der Waals surface area (Å²) in [6.45, 7) is 3.53. The lowest BCUT2D eigenvalue weighted by Gasteiger charge is -2.17. The zero-order chi connectivity index (χ0) is 14.7. The topological polar surface area (TPSA) is 44.5 Å². The van der Waals surface area contributed by atoms with Gasteiger partial charge in [0.15, 0.2) is 11.6 Å². The Kier molecular flexibility index (Phi) is 4.25. The van der Waals surface area contributed by atoms with Crippen LogP contribution in [0, 0.1) is 12.7 Å². The van der Waals surface area contributed by atoms with Gasteiger partial charge in [0.2, 0.25) is 0 Å². The molecule has 0 heterocycles. The van der Waals surface area contributed by atoms with E-state index in [9.17, 15) is 4.39 Å². The molecule has 0 saturated carbocycles. The predicted molar refractivity (Wildman–Crippen MR) is 76.8 cm³/mol. The maximum atomic E-state index is 14.0. The number of aryl methyl sites for hydroxylation is 1. The van der Waals surface area contributed by atoms with Crippen molar-refractivity contribution in [3.8, 4) is 17.2 Å². The second-order valence-corrected chi connectivity index (χ2v) is 4.65. The Labute approximate surface area is 118 Å². The van der Waals surface area contributed by atoms with E-state index in [1.165, 1.54) is 0 Å². The molecular weight excluding hydrogens is 257 g/mol. The lowest BCUT2D eigenvalue weighted by Crippen LogP contribution is -2.09. The fourth-order valence-corrected chi connectivity index (χ4v) is 2.06. The first-order chi connectivity index (χ1) is 9.54. The summed E-state index contributed by atoms with van der Waals surface area (Å²) in [6.07, 6.45) is 0. The number of hydrogen-bond acceptors (Lipinski definition) is 3. The van der Waals surface area contributed by atoms with Gasteiger partial charge in [-0.1, -0.05) is 18.2 Å². The number of halogens is 1. The Hall–Kier alpha value is -2.07.